The van der Waals surface area contributed by atoms with E-state index in [1.165, 1.54) is 4.90 Å². The Labute approximate surface area is 149 Å². The van der Waals surface area contributed by atoms with E-state index in [0.717, 1.165) is 17.7 Å². The Hall–Kier alpha value is -2.47. The van der Waals surface area contributed by atoms with E-state index in [1.54, 1.807) is 19.2 Å². The molecule has 2 rings (SSSR count). The van der Waals surface area contributed by atoms with Gasteiger partial charge in [0.05, 0.1) is 18.2 Å². The molecule has 0 aliphatic rings. The number of carbonyl (C=O) groups excluding carboxylic acids is 2. The second kappa shape index (κ2) is 8.07. The maximum atomic E-state index is 13.6. The highest BCUT2D eigenvalue weighted by Crippen LogP contribution is 2.20. The fraction of sp³-hybridized carbons (Fsp3) is 0.222. The first-order valence-electron chi connectivity index (χ1n) is 7.54. The zero-order valence-electron chi connectivity index (χ0n) is 13.7. The summed E-state index contributed by atoms with van der Waals surface area (Å²) in [6.45, 7) is 1.53. The summed E-state index contributed by atoms with van der Waals surface area (Å²) in [4.78, 5) is 25.6. The van der Waals surface area contributed by atoms with Gasteiger partial charge in [0.25, 0.3) is 5.91 Å². The van der Waals surface area contributed by atoms with Crippen molar-refractivity contribution < 1.29 is 18.4 Å². The predicted octanol–water partition coefficient (Wildman–Crippen LogP) is 3.57. The van der Waals surface area contributed by atoms with Gasteiger partial charge < -0.3 is 10.2 Å². The van der Waals surface area contributed by atoms with Crippen LogP contribution in [-0.4, -0.2) is 30.3 Å². The largest absolute Gasteiger partial charge is 0.343 e. The van der Waals surface area contributed by atoms with Gasteiger partial charge in [0.1, 0.15) is 11.6 Å². The van der Waals surface area contributed by atoms with Gasteiger partial charge >= 0.3 is 0 Å². The summed E-state index contributed by atoms with van der Waals surface area (Å²) in [6, 6.07) is 9.47. The maximum Gasteiger partial charge on any atom is 0.254 e. The van der Waals surface area contributed by atoms with Crippen molar-refractivity contribution in [2.24, 2.45) is 0 Å². The van der Waals surface area contributed by atoms with Gasteiger partial charge in [-0.15, -0.1) is 0 Å². The first-order valence-corrected chi connectivity index (χ1v) is 7.91. The van der Waals surface area contributed by atoms with Crippen LogP contribution >= 0.6 is 11.6 Å². The minimum absolute atomic E-state index is 0.232. The van der Waals surface area contributed by atoms with Crippen LogP contribution < -0.4 is 5.32 Å². The Morgan fingerprint density at radius 1 is 1.16 bits per heavy atom. The van der Waals surface area contributed by atoms with E-state index in [9.17, 15) is 18.4 Å². The molecule has 0 fully saturated rings. The van der Waals surface area contributed by atoms with Crippen molar-refractivity contribution in [3.8, 4) is 0 Å². The summed E-state index contributed by atoms with van der Waals surface area (Å²) >= 11 is 5.84. The van der Waals surface area contributed by atoms with Gasteiger partial charge in [-0.3, -0.25) is 9.59 Å². The SMILES string of the molecule is CC(c1ccc(Cl)cc1)N(C)C(=O)CNC(=O)c1ccc(F)cc1F. The Kier molecular flexibility index (Phi) is 6.09. The third kappa shape index (κ3) is 4.76. The van der Waals surface area contributed by atoms with E-state index in [4.69, 9.17) is 11.6 Å². The quantitative estimate of drug-likeness (QED) is 0.879. The maximum absolute atomic E-state index is 13.6. The van der Waals surface area contributed by atoms with E-state index in [0.29, 0.717) is 11.1 Å². The average Bonchev–Trinajstić information content (AvgIpc) is 2.58. The molecule has 0 radical (unpaired) electrons. The summed E-state index contributed by atoms with van der Waals surface area (Å²) in [5.74, 6) is -2.88. The number of halogens is 3. The number of nitrogens with zero attached hydrogens (tertiary/aromatic N) is 1. The molecule has 132 valence electrons. The molecule has 0 bridgehead atoms. The lowest BCUT2D eigenvalue weighted by molar-refractivity contribution is -0.130. The van der Waals surface area contributed by atoms with Crippen molar-refractivity contribution in [2.75, 3.05) is 13.6 Å². The monoisotopic (exact) mass is 366 g/mol. The molecule has 7 heteroatoms. The van der Waals surface area contributed by atoms with Crippen LogP contribution in [0.1, 0.15) is 28.9 Å². The van der Waals surface area contributed by atoms with Crippen molar-refractivity contribution in [1.29, 1.82) is 0 Å². The van der Waals surface area contributed by atoms with Gasteiger partial charge in [0.15, 0.2) is 0 Å². The number of likely N-dealkylation sites (N-methyl/N-ethyl adjacent to an activating group) is 1. The van der Waals surface area contributed by atoms with Gasteiger partial charge in [-0.2, -0.15) is 0 Å². The highest BCUT2D eigenvalue weighted by molar-refractivity contribution is 6.30. The number of hydrogen-bond acceptors (Lipinski definition) is 2. The molecule has 0 aromatic heterocycles. The van der Waals surface area contributed by atoms with Crippen LogP contribution in [0, 0.1) is 11.6 Å². The lowest BCUT2D eigenvalue weighted by Gasteiger charge is -2.25. The first-order chi connectivity index (χ1) is 11.8. The summed E-state index contributed by atoms with van der Waals surface area (Å²) in [5.41, 5.74) is 0.568. The summed E-state index contributed by atoms with van der Waals surface area (Å²) in [6.07, 6.45) is 0. The fourth-order valence-corrected chi connectivity index (χ4v) is 2.36. The highest BCUT2D eigenvalue weighted by atomic mass is 35.5. The third-order valence-corrected chi connectivity index (χ3v) is 4.15. The van der Waals surface area contributed by atoms with Gasteiger partial charge in [-0.25, -0.2) is 8.78 Å². The van der Waals surface area contributed by atoms with Crippen LogP contribution in [0.4, 0.5) is 8.78 Å². The molecule has 0 saturated carbocycles. The molecule has 2 amide bonds. The minimum Gasteiger partial charge on any atom is -0.343 e. The van der Waals surface area contributed by atoms with Gasteiger partial charge in [-0.05, 0) is 36.8 Å². The van der Waals surface area contributed by atoms with Crippen molar-refractivity contribution in [1.82, 2.24) is 10.2 Å². The van der Waals surface area contributed by atoms with Crippen LogP contribution in [0.2, 0.25) is 5.02 Å². The van der Waals surface area contributed by atoms with E-state index < -0.39 is 17.5 Å². The molecule has 4 nitrogen and oxygen atoms in total. The van der Waals surface area contributed by atoms with Gasteiger partial charge in [0.2, 0.25) is 5.91 Å². The normalized spacial score (nSPS) is 11.7. The number of nitrogens with one attached hydrogen (secondary N) is 1. The molecule has 0 spiro atoms. The summed E-state index contributed by atoms with van der Waals surface area (Å²) in [7, 11) is 1.60. The summed E-state index contributed by atoms with van der Waals surface area (Å²) in [5, 5.41) is 2.94. The van der Waals surface area contributed by atoms with Crippen LogP contribution in [-0.2, 0) is 4.79 Å². The Morgan fingerprint density at radius 3 is 2.40 bits per heavy atom. The molecule has 0 heterocycles. The van der Waals surface area contributed by atoms with Gasteiger partial charge in [0, 0.05) is 18.1 Å². The average molecular weight is 367 g/mol. The Balaban J connectivity index is 1.96. The zero-order valence-corrected chi connectivity index (χ0v) is 14.5. The van der Waals surface area contributed by atoms with E-state index in [2.05, 4.69) is 5.32 Å². The third-order valence-electron chi connectivity index (χ3n) is 3.90. The molecule has 1 unspecified atom stereocenters. The second-order valence-corrected chi connectivity index (χ2v) is 5.98. The number of amides is 2. The van der Waals surface area contributed by atoms with Gasteiger partial charge in [-0.1, -0.05) is 23.7 Å². The van der Waals surface area contributed by atoms with Crippen LogP contribution in [0.3, 0.4) is 0 Å². The smallest absolute Gasteiger partial charge is 0.254 e. The number of hydrogen-bond donors (Lipinski definition) is 1. The Morgan fingerprint density at radius 2 is 1.80 bits per heavy atom. The molecule has 0 aliphatic carbocycles. The van der Waals surface area contributed by atoms with Crippen molar-refractivity contribution in [3.05, 3.63) is 70.2 Å². The van der Waals surface area contributed by atoms with Crippen molar-refractivity contribution >= 4 is 23.4 Å². The number of rotatable bonds is 5. The first kappa shape index (κ1) is 18.9. The highest BCUT2D eigenvalue weighted by Gasteiger charge is 2.19. The molecule has 25 heavy (non-hydrogen) atoms. The molecular weight excluding hydrogens is 350 g/mol. The molecule has 1 N–H and O–H groups in total. The number of carbonyl (C=O) groups is 2. The molecule has 2 aromatic rings. The molecule has 1 atom stereocenters. The topological polar surface area (TPSA) is 49.4 Å². The lowest BCUT2D eigenvalue weighted by atomic mass is 10.1. The van der Waals surface area contributed by atoms with E-state index >= 15 is 0 Å². The molecule has 0 saturated heterocycles. The van der Waals surface area contributed by atoms with Crippen molar-refractivity contribution in [3.63, 3.8) is 0 Å². The standard InChI is InChI=1S/C18H17ClF2N2O2/c1-11(12-3-5-13(19)6-4-12)23(2)17(24)10-22-18(25)15-8-7-14(20)9-16(15)21/h3-9,11H,10H2,1-2H3,(H,22,25). The predicted molar refractivity (Wildman–Crippen MR) is 91.3 cm³/mol. The van der Waals surface area contributed by atoms with Crippen molar-refractivity contribution in [2.45, 2.75) is 13.0 Å². The number of benzene rings is 2. The second-order valence-electron chi connectivity index (χ2n) is 5.54. The van der Waals surface area contributed by atoms with Crippen LogP contribution in [0.15, 0.2) is 42.5 Å². The van der Waals surface area contributed by atoms with Crippen LogP contribution in [0.5, 0.6) is 0 Å². The molecular formula is C18H17ClF2N2O2. The fourth-order valence-electron chi connectivity index (χ4n) is 2.23. The van der Waals surface area contributed by atoms with E-state index in [-0.39, 0.29) is 24.1 Å². The molecule has 0 aliphatic heterocycles. The molecule has 2 aromatic carbocycles. The zero-order chi connectivity index (χ0) is 18.6. The van der Waals surface area contributed by atoms with E-state index in [1.807, 2.05) is 19.1 Å². The Bertz CT molecular complexity index is 781. The summed E-state index contributed by atoms with van der Waals surface area (Å²) < 4.78 is 26.4. The lowest BCUT2D eigenvalue weighted by Crippen LogP contribution is -2.39. The minimum atomic E-state index is -0.979. The van der Waals surface area contributed by atoms with Crippen LogP contribution in [0.25, 0.3) is 0 Å².